The molecule has 3 rings (SSSR count). The standard InChI is InChI=1S/C15H19N3O2/c19-14-7-3-9-18(14)12-5-1-4-11(10-12)17-15(20)13-6-2-8-16-13/h1,4-5,10,13,16H,2-3,6-9H2,(H,17,20)/t13-/m1/s1. The van der Waals surface area contributed by atoms with Crippen LogP contribution in [0.15, 0.2) is 24.3 Å². The summed E-state index contributed by atoms with van der Waals surface area (Å²) in [4.78, 5) is 25.6. The fourth-order valence-corrected chi connectivity index (χ4v) is 2.81. The fourth-order valence-electron chi connectivity index (χ4n) is 2.81. The molecule has 2 saturated heterocycles. The molecule has 20 heavy (non-hydrogen) atoms. The van der Waals surface area contributed by atoms with Crippen molar-refractivity contribution in [2.75, 3.05) is 23.3 Å². The van der Waals surface area contributed by atoms with Gasteiger partial charge in [-0.15, -0.1) is 0 Å². The molecule has 5 nitrogen and oxygen atoms in total. The molecule has 0 aromatic heterocycles. The van der Waals surface area contributed by atoms with Crippen LogP contribution in [0, 0.1) is 0 Å². The lowest BCUT2D eigenvalue weighted by atomic mass is 10.2. The first-order valence-corrected chi connectivity index (χ1v) is 7.19. The number of nitrogens with zero attached hydrogens (tertiary/aromatic N) is 1. The fraction of sp³-hybridized carbons (Fsp3) is 0.467. The van der Waals surface area contributed by atoms with Crippen molar-refractivity contribution in [3.8, 4) is 0 Å². The van der Waals surface area contributed by atoms with Crippen molar-refractivity contribution < 1.29 is 9.59 Å². The Labute approximate surface area is 118 Å². The van der Waals surface area contributed by atoms with Crippen LogP contribution in [0.5, 0.6) is 0 Å². The first-order valence-electron chi connectivity index (χ1n) is 7.19. The molecule has 2 aliphatic heterocycles. The molecule has 2 N–H and O–H groups in total. The second-order valence-corrected chi connectivity index (χ2v) is 5.34. The minimum Gasteiger partial charge on any atom is -0.325 e. The molecule has 5 heteroatoms. The van der Waals surface area contributed by atoms with E-state index in [1.807, 2.05) is 24.3 Å². The first kappa shape index (κ1) is 13.1. The highest BCUT2D eigenvalue weighted by Crippen LogP contribution is 2.24. The predicted molar refractivity (Wildman–Crippen MR) is 77.7 cm³/mol. The summed E-state index contributed by atoms with van der Waals surface area (Å²) in [6, 6.07) is 7.42. The van der Waals surface area contributed by atoms with Crippen molar-refractivity contribution >= 4 is 23.2 Å². The third kappa shape index (κ3) is 2.67. The molecule has 2 fully saturated rings. The van der Waals surface area contributed by atoms with Crippen molar-refractivity contribution in [1.82, 2.24) is 5.32 Å². The second kappa shape index (κ2) is 5.63. The Hall–Kier alpha value is -1.88. The van der Waals surface area contributed by atoms with Crippen LogP contribution in [-0.2, 0) is 9.59 Å². The lowest BCUT2D eigenvalue weighted by molar-refractivity contribution is -0.118. The van der Waals surface area contributed by atoms with Crippen LogP contribution in [0.1, 0.15) is 25.7 Å². The van der Waals surface area contributed by atoms with Crippen LogP contribution in [-0.4, -0.2) is 30.9 Å². The number of hydrogen-bond acceptors (Lipinski definition) is 3. The highest BCUT2D eigenvalue weighted by atomic mass is 16.2. The van der Waals surface area contributed by atoms with Crippen molar-refractivity contribution in [3.05, 3.63) is 24.3 Å². The van der Waals surface area contributed by atoms with Gasteiger partial charge in [-0.25, -0.2) is 0 Å². The van der Waals surface area contributed by atoms with Crippen LogP contribution in [0.3, 0.4) is 0 Å². The maximum absolute atomic E-state index is 12.1. The SMILES string of the molecule is O=C(Nc1cccc(N2CCCC2=O)c1)[C@H]1CCCN1. The Morgan fingerprint density at radius 2 is 2.25 bits per heavy atom. The monoisotopic (exact) mass is 273 g/mol. The molecule has 0 bridgehead atoms. The van der Waals surface area contributed by atoms with Gasteiger partial charge < -0.3 is 15.5 Å². The Bertz CT molecular complexity index is 524. The summed E-state index contributed by atoms with van der Waals surface area (Å²) < 4.78 is 0. The molecule has 0 aliphatic carbocycles. The van der Waals surface area contributed by atoms with Crippen LogP contribution < -0.4 is 15.5 Å². The summed E-state index contributed by atoms with van der Waals surface area (Å²) in [6.07, 6.45) is 3.44. The summed E-state index contributed by atoms with van der Waals surface area (Å²) in [6.45, 7) is 1.67. The van der Waals surface area contributed by atoms with Gasteiger partial charge in [0.15, 0.2) is 0 Å². The van der Waals surface area contributed by atoms with Gasteiger partial charge in [0.2, 0.25) is 11.8 Å². The van der Waals surface area contributed by atoms with Gasteiger partial charge in [-0.05, 0) is 44.0 Å². The Balaban J connectivity index is 1.70. The van der Waals surface area contributed by atoms with Crippen LogP contribution >= 0.6 is 0 Å². The number of rotatable bonds is 3. The normalized spacial score (nSPS) is 22.3. The van der Waals surface area contributed by atoms with Gasteiger partial charge >= 0.3 is 0 Å². The van der Waals surface area contributed by atoms with Crippen molar-refractivity contribution in [1.29, 1.82) is 0 Å². The number of anilines is 2. The van der Waals surface area contributed by atoms with E-state index in [2.05, 4.69) is 10.6 Å². The topological polar surface area (TPSA) is 61.4 Å². The van der Waals surface area contributed by atoms with E-state index in [0.29, 0.717) is 6.42 Å². The van der Waals surface area contributed by atoms with Gasteiger partial charge in [-0.2, -0.15) is 0 Å². The summed E-state index contributed by atoms with van der Waals surface area (Å²) in [5.74, 6) is 0.165. The van der Waals surface area contributed by atoms with Gasteiger partial charge in [0, 0.05) is 24.3 Å². The van der Waals surface area contributed by atoms with E-state index in [1.165, 1.54) is 0 Å². The number of nitrogens with one attached hydrogen (secondary N) is 2. The van der Waals surface area contributed by atoms with Gasteiger partial charge in [0.05, 0.1) is 6.04 Å². The van der Waals surface area contributed by atoms with E-state index in [-0.39, 0.29) is 17.9 Å². The quantitative estimate of drug-likeness (QED) is 0.877. The predicted octanol–water partition coefficient (Wildman–Crippen LogP) is 1.50. The van der Waals surface area contributed by atoms with E-state index in [4.69, 9.17) is 0 Å². The van der Waals surface area contributed by atoms with E-state index < -0.39 is 0 Å². The maximum Gasteiger partial charge on any atom is 0.241 e. The van der Waals surface area contributed by atoms with Crippen molar-refractivity contribution in [3.63, 3.8) is 0 Å². The van der Waals surface area contributed by atoms with E-state index >= 15 is 0 Å². The number of carbonyl (C=O) groups is 2. The Morgan fingerprint density at radius 3 is 2.95 bits per heavy atom. The molecule has 2 aliphatic rings. The zero-order chi connectivity index (χ0) is 13.9. The number of amides is 2. The molecule has 1 aromatic carbocycles. The average Bonchev–Trinajstić information content (AvgIpc) is 3.10. The molecule has 106 valence electrons. The molecule has 0 saturated carbocycles. The summed E-state index contributed by atoms with van der Waals surface area (Å²) in [5.41, 5.74) is 1.62. The Kier molecular flexibility index (Phi) is 3.69. The third-order valence-electron chi connectivity index (χ3n) is 3.88. The van der Waals surface area contributed by atoms with Gasteiger partial charge in [0.1, 0.15) is 0 Å². The van der Waals surface area contributed by atoms with Crippen LogP contribution in [0.2, 0.25) is 0 Å². The third-order valence-corrected chi connectivity index (χ3v) is 3.88. The molecule has 0 radical (unpaired) electrons. The number of hydrogen-bond donors (Lipinski definition) is 2. The lowest BCUT2D eigenvalue weighted by Gasteiger charge is -2.17. The molecule has 1 aromatic rings. The number of benzene rings is 1. The van der Waals surface area contributed by atoms with E-state index in [0.717, 1.165) is 43.7 Å². The van der Waals surface area contributed by atoms with Gasteiger partial charge in [-0.3, -0.25) is 9.59 Å². The summed E-state index contributed by atoms with van der Waals surface area (Å²) in [5, 5.41) is 6.10. The van der Waals surface area contributed by atoms with E-state index in [9.17, 15) is 9.59 Å². The maximum atomic E-state index is 12.1. The van der Waals surface area contributed by atoms with Crippen LogP contribution in [0.4, 0.5) is 11.4 Å². The van der Waals surface area contributed by atoms with Crippen LogP contribution in [0.25, 0.3) is 0 Å². The van der Waals surface area contributed by atoms with E-state index in [1.54, 1.807) is 4.90 Å². The molecular weight excluding hydrogens is 254 g/mol. The number of carbonyl (C=O) groups excluding carboxylic acids is 2. The molecule has 0 unspecified atom stereocenters. The van der Waals surface area contributed by atoms with Gasteiger partial charge in [0.25, 0.3) is 0 Å². The molecule has 2 amide bonds. The zero-order valence-corrected chi connectivity index (χ0v) is 11.4. The second-order valence-electron chi connectivity index (χ2n) is 5.34. The van der Waals surface area contributed by atoms with Crippen molar-refractivity contribution in [2.45, 2.75) is 31.7 Å². The minimum absolute atomic E-state index is 0.00685. The van der Waals surface area contributed by atoms with Gasteiger partial charge in [-0.1, -0.05) is 6.07 Å². The highest BCUT2D eigenvalue weighted by molar-refractivity contribution is 5.98. The smallest absolute Gasteiger partial charge is 0.241 e. The molecule has 0 spiro atoms. The zero-order valence-electron chi connectivity index (χ0n) is 11.4. The van der Waals surface area contributed by atoms with Crippen molar-refractivity contribution in [2.24, 2.45) is 0 Å². The summed E-state index contributed by atoms with van der Waals surface area (Å²) in [7, 11) is 0. The highest BCUT2D eigenvalue weighted by Gasteiger charge is 2.23. The molecule has 2 heterocycles. The lowest BCUT2D eigenvalue weighted by Crippen LogP contribution is -2.35. The molecule has 1 atom stereocenters. The summed E-state index contributed by atoms with van der Waals surface area (Å²) >= 11 is 0. The largest absolute Gasteiger partial charge is 0.325 e. The Morgan fingerprint density at radius 1 is 1.35 bits per heavy atom. The minimum atomic E-state index is -0.0907. The molecular formula is C15H19N3O2. The average molecular weight is 273 g/mol. The first-order chi connectivity index (χ1) is 9.74.